The number of hydrogen-bond acceptors (Lipinski definition) is 0. The second-order valence-electron chi connectivity index (χ2n) is 3.54. The Hall–Kier alpha value is -0.440. The van der Waals surface area contributed by atoms with E-state index in [9.17, 15) is 0 Å². The third-order valence-corrected chi connectivity index (χ3v) is 2.92. The van der Waals surface area contributed by atoms with Crippen LogP contribution in [0, 0.1) is 29.6 Å². The average molecular weight is 150 g/mol. The van der Waals surface area contributed by atoms with Crippen LogP contribution < -0.4 is 0 Å². The first-order valence-electron chi connectivity index (χ1n) is 4.78. The first-order chi connectivity index (χ1) is 5.29. The van der Waals surface area contributed by atoms with Crippen molar-refractivity contribution in [1.29, 1.82) is 0 Å². The minimum Gasteiger partial charge on any atom is -0.103 e. The molecule has 0 aromatic heterocycles. The van der Waals surface area contributed by atoms with Gasteiger partial charge in [-0.1, -0.05) is 33.1 Å². The molecule has 1 saturated carbocycles. The van der Waals surface area contributed by atoms with Crippen LogP contribution in [0.3, 0.4) is 0 Å². The van der Waals surface area contributed by atoms with Crippen molar-refractivity contribution < 1.29 is 0 Å². The van der Waals surface area contributed by atoms with Gasteiger partial charge in [0.2, 0.25) is 0 Å². The molecule has 1 aliphatic carbocycles. The Morgan fingerprint density at radius 3 is 2.55 bits per heavy atom. The van der Waals surface area contributed by atoms with Crippen molar-refractivity contribution >= 4 is 0 Å². The Morgan fingerprint density at radius 1 is 1.36 bits per heavy atom. The molecule has 0 amide bonds. The summed E-state index contributed by atoms with van der Waals surface area (Å²) in [5.41, 5.74) is 0. The molecule has 0 nitrogen and oxygen atoms in total. The van der Waals surface area contributed by atoms with Crippen LogP contribution in [-0.2, 0) is 0 Å². The summed E-state index contributed by atoms with van der Waals surface area (Å²) in [6.45, 7) is 6.74. The topological polar surface area (TPSA) is 0 Å². The third kappa shape index (κ3) is 1.77. The van der Waals surface area contributed by atoms with Crippen LogP contribution in [0.5, 0.6) is 0 Å². The van der Waals surface area contributed by atoms with Crippen LogP contribution in [-0.4, -0.2) is 0 Å². The lowest BCUT2D eigenvalue weighted by atomic mass is 9.65. The monoisotopic (exact) mass is 150 g/mol. The predicted octanol–water partition coefficient (Wildman–Crippen LogP) is 3.08. The van der Waals surface area contributed by atoms with Gasteiger partial charge in [0.25, 0.3) is 0 Å². The molecule has 0 aliphatic heterocycles. The van der Waals surface area contributed by atoms with Crippen molar-refractivity contribution in [2.45, 2.75) is 40.0 Å². The highest BCUT2D eigenvalue weighted by atomic mass is 14.4. The van der Waals surface area contributed by atoms with Crippen molar-refractivity contribution in [2.24, 2.45) is 17.8 Å². The van der Waals surface area contributed by atoms with Gasteiger partial charge in [-0.3, -0.25) is 0 Å². The molecule has 0 aromatic carbocycles. The van der Waals surface area contributed by atoms with Gasteiger partial charge >= 0.3 is 0 Å². The van der Waals surface area contributed by atoms with E-state index in [4.69, 9.17) is 0 Å². The van der Waals surface area contributed by atoms with Crippen LogP contribution in [0.25, 0.3) is 0 Å². The summed E-state index contributed by atoms with van der Waals surface area (Å²) in [6, 6.07) is 0. The molecule has 1 aliphatic rings. The molecule has 11 heavy (non-hydrogen) atoms. The van der Waals surface area contributed by atoms with Gasteiger partial charge in [-0.2, -0.15) is 0 Å². The van der Waals surface area contributed by atoms with Gasteiger partial charge in [-0.25, -0.2) is 0 Å². The highest BCUT2D eigenvalue weighted by Crippen LogP contribution is 2.41. The van der Waals surface area contributed by atoms with E-state index in [2.05, 4.69) is 32.6 Å². The summed E-state index contributed by atoms with van der Waals surface area (Å²) >= 11 is 0. The van der Waals surface area contributed by atoms with E-state index >= 15 is 0 Å². The molecule has 0 aromatic rings. The first-order valence-corrected chi connectivity index (χ1v) is 4.78. The van der Waals surface area contributed by atoms with Crippen molar-refractivity contribution in [3.8, 4) is 11.8 Å². The van der Waals surface area contributed by atoms with Crippen LogP contribution in [0.2, 0.25) is 0 Å². The lowest BCUT2D eigenvalue weighted by molar-refractivity contribution is 0.130. The van der Waals surface area contributed by atoms with Gasteiger partial charge < -0.3 is 0 Å². The van der Waals surface area contributed by atoms with Gasteiger partial charge in [0.15, 0.2) is 0 Å². The highest BCUT2D eigenvalue weighted by Gasteiger charge is 2.34. The zero-order valence-corrected chi connectivity index (χ0v) is 7.85. The van der Waals surface area contributed by atoms with Crippen molar-refractivity contribution in [3.63, 3.8) is 0 Å². The summed E-state index contributed by atoms with van der Waals surface area (Å²) in [5, 5.41) is 0. The van der Waals surface area contributed by atoms with Gasteiger partial charge in [0.1, 0.15) is 0 Å². The lowest BCUT2D eigenvalue weighted by Crippen LogP contribution is -2.32. The van der Waals surface area contributed by atoms with E-state index in [-0.39, 0.29) is 0 Å². The second-order valence-corrected chi connectivity index (χ2v) is 3.54. The molecule has 3 unspecified atom stereocenters. The Balaban J connectivity index is 2.32. The molecule has 1 rings (SSSR count). The first kappa shape index (κ1) is 8.65. The smallest absolute Gasteiger partial charge is 0.0233 e. The molecule has 0 spiro atoms. The normalized spacial score (nSPS) is 35.4. The second kappa shape index (κ2) is 3.81. The summed E-state index contributed by atoms with van der Waals surface area (Å²) < 4.78 is 0. The van der Waals surface area contributed by atoms with E-state index in [0.717, 1.165) is 24.2 Å². The van der Waals surface area contributed by atoms with Gasteiger partial charge in [0.05, 0.1) is 0 Å². The molecule has 0 bridgehead atoms. The standard InChI is InChI=1S/C11H18/c1-4-6-7-11-8-10(5-2)9(11)3/h9-11H,4-5,8H2,1-3H3. The fraction of sp³-hybridized carbons (Fsp3) is 0.818. The van der Waals surface area contributed by atoms with Gasteiger partial charge in [0, 0.05) is 12.3 Å². The zero-order valence-electron chi connectivity index (χ0n) is 7.85. The third-order valence-electron chi connectivity index (χ3n) is 2.92. The van der Waals surface area contributed by atoms with E-state index < -0.39 is 0 Å². The number of hydrogen-bond donors (Lipinski definition) is 0. The quantitative estimate of drug-likeness (QED) is 0.504. The summed E-state index contributed by atoms with van der Waals surface area (Å²) in [5.74, 6) is 9.05. The van der Waals surface area contributed by atoms with Gasteiger partial charge in [-0.15, -0.1) is 5.92 Å². The molecular weight excluding hydrogens is 132 g/mol. The average Bonchev–Trinajstić information content (AvgIpc) is 2.03. The Bertz CT molecular complexity index is 170. The van der Waals surface area contributed by atoms with Gasteiger partial charge in [-0.05, 0) is 18.3 Å². The molecule has 3 atom stereocenters. The summed E-state index contributed by atoms with van der Waals surface area (Å²) in [7, 11) is 0. The fourth-order valence-electron chi connectivity index (χ4n) is 1.85. The van der Waals surface area contributed by atoms with Crippen LogP contribution in [0.4, 0.5) is 0 Å². The van der Waals surface area contributed by atoms with E-state index in [0.29, 0.717) is 0 Å². The fourth-order valence-corrected chi connectivity index (χ4v) is 1.85. The molecular formula is C11H18. The Labute approximate surface area is 70.4 Å². The predicted molar refractivity (Wildman–Crippen MR) is 49.1 cm³/mol. The van der Waals surface area contributed by atoms with Crippen LogP contribution in [0.1, 0.15) is 40.0 Å². The largest absolute Gasteiger partial charge is 0.103 e. The molecule has 0 saturated heterocycles. The van der Waals surface area contributed by atoms with Crippen LogP contribution in [0.15, 0.2) is 0 Å². The van der Waals surface area contributed by atoms with Crippen molar-refractivity contribution in [2.75, 3.05) is 0 Å². The molecule has 62 valence electrons. The van der Waals surface area contributed by atoms with E-state index in [1.807, 2.05) is 0 Å². The minimum absolute atomic E-state index is 0.722. The number of rotatable bonds is 1. The van der Waals surface area contributed by atoms with Crippen molar-refractivity contribution in [1.82, 2.24) is 0 Å². The van der Waals surface area contributed by atoms with Crippen LogP contribution >= 0.6 is 0 Å². The maximum atomic E-state index is 3.33. The molecule has 0 N–H and O–H groups in total. The summed E-state index contributed by atoms with van der Waals surface area (Å²) in [4.78, 5) is 0. The highest BCUT2D eigenvalue weighted by molar-refractivity contribution is 5.09. The zero-order chi connectivity index (χ0) is 8.27. The Kier molecular flexibility index (Phi) is 3.00. The molecule has 1 fully saturated rings. The van der Waals surface area contributed by atoms with E-state index in [1.165, 1.54) is 12.8 Å². The Morgan fingerprint density at radius 2 is 2.09 bits per heavy atom. The maximum Gasteiger partial charge on any atom is 0.0233 e. The molecule has 0 heteroatoms. The summed E-state index contributed by atoms with van der Waals surface area (Å²) in [6.07, 6.45) is 3.70. The lowest BCUT2D eigenvalue weighted by Gasteiger charge is -2.39. The van der Waals surface area contributed by atoms with E-state index in [1.54, 1.807) is 0 Å². The maximum absolute atomic E-state index is 3.33. The molecule has 0 heterocycles. The van der Waals surface area contributed by atoms with Crippen molar-refractivity contribution in [3.05, 3.63) is 0 Å². The molecule has 0 radical (unpaired) electrons. The minimum atomic E-state index is 0.722. The SMILES string of the molecule is CCC#CC1CC(CC)C1C.